The molecule has 2 rings (SSSR count). The van der Waals surface area contributed by atoms with Crippen molar-refractivity contribution in [3.8, 4) is 0 Å². The van der Waals surface area contributed by atoms with Gasteiger partial charge in [-0.2, -0.15) is 0 Å². The summed E-state index contributed by atoms with van der Waals surface area (Å²) in [5.74, 6) is 1.58. The molecule has 1 aliphatic carbocycles. The normalized spacial score (nSPS) is 24.6. The van der Waals surface area contributed by atoms with Crippen molar-refractivity contribution in [3.63, 3.8) is 0 Å². The van der Waals surface area contributed by atoms with Crippen molar-refractivity contribution in [2.24, 2.45) is 5.92 Å². The third-order valence-corrected chi connectivity index (χ3v) is 4.19. The molecule has 1 aromatic rings. The summed E-state index contributed by atoms with van der Waals surface area (Å²) in [6, 6.07) is 1.18. The first-order chi connectivity index (χ1) is 9.72. The number of hydrogen-bond donors (Lipinski definition) is 2. The molecule has 5 nitrogen and oxygen atoms in total. The van der Waals surface area contributed by atoms with Gasteiger partial charge in [0.1, 0.15) is 0 Å². The van der Waals surface area contributed by atoms with E-state index < -0.39 is 0 Å². The molecule has 1 atom stereocenters. The minimum absolute atomic E-state index is 0.114. The van der Waals surface area contributed by atoms with E-state index in [-0.39, 0.29) is 6.04 Å². The Morgan fingerprint density at radius 1 is 1.20 bits per heavy atom. The van der Waals surface area contributed by atoms with Crippen LogP contribution in [0.2, 0.25) is 0 Å². The number of nitrogens with zero attached hydrogens (tertiary/aromatic N) is 2. The van der Waals surface area contributed by atoms with E-state index in [0.29, 0.717) is 17.9 Å². The third kappa shape index (κ3) is 4.20. The zero-order chi connectivity index (χ0) is 14.4. The van der Waals surface area contributed by atoms with Crippen molar-refractivity contribution in [1.82, 2.24) is 15.5 Å². The molecular weight excluding hydrogens is 252 g/mol. The average molecular weight is 280 g/mol. The van der Waals surface area contributed by atoms with Crippen molar-refractivity contribution in [3.05, 3.63) is 5.89 Å². The lowest BCUT2D eigenvalue weighted by molar-refractivity contribution is 0.315. The lowest BCUT2D eigenvalue weighted by atomic mass is 9.83. The Morgan fingerprint density at radius 2 is 1.95 bits per heavy atom. The fraction of sp³-hybridized carbons (Fsp3) is 0.867. The van der Waals surface area contributed by atoms with Gasteiger partial charge in [-0.1, -0.05) is 31.8 Å². The van der Waals surface area contributed by atoms with Gasteiger partial charge in [-0.05, 0) is 45.1 Å². The number of hydrogen-bond acceptors (Lipinski definition) is 5. The molecule has 1 aliphatic rings. The third-order valence-electron chi connectivity index (χ3n) is 4.19. The highest BCUT2D eigenvalue weighted by atomic mass is 16.4. The summed E-state index contributed by atoms with van der Waals surface area (Å²) in [5, 5.41) is 14.9. The largest absolute Gasteiger partial charge is 0.406 e. The fourth-order valence-corrected chi connectivity index (χ4v) is 3.04. The summed E-state index contributed by atoms with van der Waals surface area (Å²) in [7, 11) is 0. The number of aromatic nitrogens is 2. The van der Waals surface area contributed by atoms with Crippen molar-refractivity contribution in [2.75, 3.05) is 11.9 Å². The molecule has 0 spiro atoms. The summed E-state index contributed by atoms with van der Waals surface area (Å²) >= 11 is 0. The second kappa shape index (κ2) is 7.62. The minimum atomic E-state index is 0.114. The van der Waals surface area contributed by atoms with Gasteiger partial charge >= 0.3 is 6.01 Å². The van der Waals surface area contributed by atoms with Crippen LogP contribution in [0.3, 0.4) is 0 Å². The highest BCUT2D eigenvalue weighted by Crippen LogP contribution is 2.29. The number of rotatable bonds is 7. The molecule has 2 N–H and O–H groups in total. The van der Waals surface area contributed by atoms with Crippen molar-refractivity contribution in [2.45, 2.75) is 71.4 Å². The van der Waals surface area contributed by atoms with Crippen LogP contribution < -0.4 is 10.6 Å². The summed E-state index contributed by atoms with van der Waals surface area (Å²) in [6.45, 7) is 7.28. The van der Waals surface area contributed by atoms with Crippen LogP contribution >= 0.6 is 0 Å². The van der Waals surface area contributed by atoms with Crippen LogP contribution in [0.4, 0.5) is 6.01 Å². The van der Waals surface area contributed by atoms with Gasteiger partial charge in [-0.15, -0.1) is 5.10 Å². The van der Waals surface area contributed by atoms with Crippen LogP contribution in [-0.2, 0) is 0 Å². The quantitative estimate of drug-likeness (QED) is 0.800. The summed E-state index contributed by atoms with van der Waals surface area (Å²) in [6.07, 6.45) is 7.74. The van der Waals surface area contributed by atoms with E-state index in [2.05, 4.69) is 34.7 Å². The molecule has 0 bridgehead atoms. The van der Waals surface area contributed by atoms with Gasteiger partial charge < -0.3 is 15.1 Å². The first kappa shape index (κ1) is 15.3. The highest BCUT2D eigenvalue weighted by Gasteiger charge is 2.22. The summed E-state index contributed by atoms with van der Waals surface area (Å²) in [4.78, 5) is 0. The number of nitrogens with one attached hydrogen (secondary N) is 2. The Balaban J connectivity index is 1.79. The van der Waals surface area contributed by atoms with E-state index in [0.717, 1.165) is 12.5 Å². The Labute approximate surface area is 121 Å². The van der Waals surface area contributed by atoms with Crippen LogP contribution in [0.5, 0.6) is 0 Å². The van der Waals surface area contributed by atoms with Crippen LogP contribution in [-0.4, -0.2) is 22.8 Å². The zero-order valence-corrected chi connectivity index (χ0v) is 13.0. The molecule has 0 aliphatic heterocycles. The first-order valence-corrected chi connectivity index (χ1v) is 8.06. The fourth-order valence-electron chi connectivity index (χ4n) is 3.04. The smallest absolute Gasteiger partial charge is 0.315 e. The monoisotopic (exact) mass is 280 g/mol. The molecule has 1 heterocycles. The molecule has 0 aromatic carbocycles. The molecule has 114 valence electrons. The molecule has 1 fully saturated rings. The standard InChI is InChI=1S/C15H28N4O/c1-4-6-12-7-9-13(10-8-12)17-15-19-18-14(20-15)11(3)16-5-2/h11-13,16H,4-10H2,1-3H3,(H,17,19). The molecule has 0 radical (unpaired) electrons. The van der Waals surface area contributed by atoms with Gasteiger partial charge in [0.25, 0.3) is 0 Å². The van der Waals surface area contributed by atoms with E-state index >= 15 is 0 Å². The Morgan fingerprint density at radius 3 is 2.60 bits per heavy atom. The molecule has 0 amide bonds. The van der Waals surface area contributed by atoms with Gasteiger partial charge in [0.15, 0.2) is 0 Å². The van der Waals surface area contributed by atoms with Crippen molar-refractivity contribution in [1.29, 1.82) is 0 Å². The maximum Gasteiger partial charge on any atom is 0.315 e. The maximum atomic E-state index is 5.68. The van der Waals surface area contributed by atoms with Crippen molar-refractivity contribution < 1.29 is 4.42 Å². The molecular formula is C15H28N4O. The van der Waals surface area contributed by atoms with Crippen LogP contribution in [0.25, 0.3) is 0 Å². The average Bonchev–Trinajstić information content (AvgIpc) is 2.90. The predicted octanol–water partition coefficient (Wildman–Crippen LogP) is 3.51. The second-order valence-corrected chi connectivity index (χ2v) is 5.88. The number of anilines is 1. The van der Waals surface area contributed by atoms with Crippen LogP contribution in [0.1, 0.15) is 71.2 Å². The highest BCUT2D eigenvalue weighted by molar-refractivity contribution is 5.20. The van der Waals surface area contributed by atoms with E-state index in [4.69, 9.17) is 4.42 Å². The lowest BCUT2D eigenvalue weighted by Crippen LogP contribution is -2.26. The topological polar surface area (TPSA) is 63.0 Å². The van der Waals surface area contributed by atoms with Crippen LogP contribution in [0.15, 0.2) is 4.42 Å². The molecule has 1 aromatic heterocycles. The Kier molecular flexibility index (Phi) is 5.83. The molecule has 1 unspecified atom stereocenters. The van der Waals surface area contributed by atoms with Crippen LogP contribution in [0, 0.1) is 5.92 Å². The molecule has 0 saturated heterocycles. The van der Waals surface area contributed by atoms with Gasteiger partial charge in [-0.3, -0.25) is 0 Å². The van der Waals surface area contributed by atoms with Gasteiger partial charge in [0.05, 0.1) is 6.04 Å². The van der Waals surface area contributed by atoms with E-state index in [1.165, 1.54) is 38.5 Å². The zero-order valence-electron chi connectivity index (χ0n) is 13.0. The first-order valence-electron chi connectivity index (χ1n) is 8.06. The lowest BCUT2D eigenvalue weighted by Gasteiger charge is -2.28. The maximum absolute atomic E-state index is 5.68. The predicted molar refractivity (Wildman–Crippen MR) is 80.7 cm³/mol. The summed E-state index contributed by atoms with van der Waals surface area (Å²) < 4.78 is 5.68. The molecule has 5 heteroatoms. The van der Waals surface area contributed by atoms with E-state index in [9.17, 15) is 0 Å². The molecule has 1 saturated carbocycles. The van der Waals surface area contributed by atoms with Crippen molar-refractivity contribution >= 4 is 6.01 Å². The van der Waals surface area contributed by atoms with Gasteiger partial charge in [-0.25, -0.2) is 0 Å². The Hall–Kier alpha value is -1.10. The van der Waals surface area contributed by atoms with E-state index in [1.54, 1.807) is 0 Å². The SMILES string of the molecule is CCCC1CCC(Nc2nnc(C(C)NCC)o2)CC1. The van der Waals surface area contributed by atoms with Gasteiger partial charge in [0.2, 0.25) is 5.89 Å². The van der Waals surface area contributed by atoms with Gasteiger partial charge in [0, 0.05) is 6.04 Å². The Bertz CT molecular complexity index is 385. The second-order valence-electron chi connectivity index (χ2n) is 5.88. The summed E-state index contributed by atoms with van der Waals surface area (Å²) in [5.41, 5.74) is 0. The minimum Gasteiger partial charge on any atom is -0.406 e. The molecule has 20 heavy (non-hydrogen) atoms. The van der Waals surface area contributed by atoms with E-state index in [1.807, 2.05) is 6.92 Å².